The zero-order chi connectivity index (χ0) is 28.3. The van der Waals surface area contributed by atoms with Gasteiger partial charge >= 0.3 is 11.9 Å². The summed E-state index contributed by atoms with van der Waals surface area (Å²) >= 11 is 0. The summed E-state index contributed by atoms with van der Waals surface area (Å²) in [6.07, 6.45) is 0. The standard InChI is InChI=1S/C32H43NO6/c1-30(2,3)38-28(34)25-19-36-20-26(25)32(29(35)39-31(4,5)6)22-37-21-27(32)33(17-23-13-9-7-10-14-23)18-24-15-11-8-12-16-24/h7-16,25-27H,17-22H2,1-6H3/t25-,26-,27-,32-/m0/s1. The van der Waals surface area contributed by atoms with Crippen LogP contribution in [0.3, 0.4) is 0 Å². The summed E-state index contributed by atoms with van der Waals surface area (Å²) in [5.74, 6) is -1.76. The van der Waals surface area contributed by atoms with E-state index in [9.17, 15) is 9.59 Å². The Kier molecular flexibility index (Phi) is 8.84. The second kappa shape index (κ2) is 11.8. The fraction of sp³-hybridized carbons (Fsp3) is 0.562. The van der Waals surface area contributed by atoms with Crippen molar-refractivity contribution in [3.8, 4) is 0 Å². The summed E-state index contributed by atoms with van der Waals surface area (Å²) in [6, 6.07) is 20.1. The number of carbonyl (C=O) groups is 2. The smallest absolute Gasteiger partial charge is 0.317 e. The highest BCUT2D eigenvalue weighted by molar-refractivity contribution is 5.82. The molecule has 39 heavy (non-hydrogen) atoms. The minimum atomic E-state index is -1.12. The lowest BCUT2D eigenvalue weighted by molar-refractivity contribution is -0.179. The third-order valence-corrected chi connectivity index (χ3v) is 7.34. The maximum atomic E-state index is 14.3. The van der Waals surface area contributed by atoms with Crippen molar-refractivity contribution in [3.63, 3.8) is 0 Å². The second-order valence-corrected chi connectivity index (χ2v) is 12.7. The van der Waals surface area contributed by atoms with Crippen molar-refractivity contribution in [2.24, 2.45) is 17.3 Å². The fourth-order valence-corrected chi connectivity index (χ4v) is 5.67. The second-order valence-electron chi connectivity index (χ2n) is 12.7. The SMILES string of the molecule is CC(C)(C)OC(=O)[C@H]1COC[C@@H]1[C@@]1(C(=O)OC(C)(C)C)COC[C@@H]1N(Cc1ccccc1)Cc1ccccc1. The predicted molar refractivity (Wildman–Crippen MR) is 149 cm³/mol. The van der Waals surface area contributed by atoms with Gasteiger partial charge in [0.1, 0.15) is 16.6 Å². The van der Waals surface area contributed by atoms with Crippen LogP contribution in [-0.4, -0.2) is 60.5 Å². The number of nitrogens with zero attached hydrogens (tertiary/aromatic N) is 1. The average Bonchev–Trinajstić information content (AvgIpc) is 3.51. The molecule has 0 saturated carbocycles. The predicted octanol–water partition coefficient (Wildman–Crippen LogP) is 5.02. The van der Waals surface area contributed by atoms with Crippen LogP contribution >= 0.6 is 0 Å². The Morgan fingerprint density at radius 1 is 0.795 bits per heavy atom. The van der Waals surface area contributed by atoms with Gasteiger partial charge in [0.15, 0.2) is 0 Å². The first-order chi connectivity index (χ1) is 18.4. The molecule has 7 nitrogen and oxygen atoms in total. The lowest BCUT2D eigenvalue weighted by Crippen LogP contribution is -2.58. The maximum absolute atomic E-state index is 14.3. The van der Waals surface area contributed by atoms with Crippen molar-refractivity contribution in [2.45, 2.75) is 71.9 Å². The lowest BCUT2D eigenvalue weighted by Gasteiger charge is -2.44. The molecule has 2 aliphatic heterocycles. The Hall–Kier alpha value is -2.74. The van der Waals surface area contributed by atoms with Crippen LogP contribution in [0.5, 0.6) is 0 Å². The first-order valence-corrected chi connectivity index (χ1v) is 13.8. The summed E-state index contributed by atoms with van der Waals surface area (Å²) in [6.45, 7) is 13.3. The molecular formula is C32H43NO6. The average molecular weight is 538 g/mol. The van der Waals surface area contributed by atoms with Crippen molar-refractivity contribution in [1.29, 1.82) is 0 Å². The van der Waals surface area contributed by atoms with E-state index in [-0.39, 0.29) is 37.8 Å². The van der Waals surface area contributed by atoms with Gasteiger partial charge in [0, 0.05) is 19.0 Å². The first kappa shape index (κ1) is 29.2. The number of hydrogen-bond acceptors (Lipinski definition) is 7. The molecule has 2 aromatic carbocycles. The molecule has 4 rings (SSSR count). The summed E-state index contributed by atoms with van der Waals surface area (Å²) in [5.41, 5.74) is -0.215. The van der Waals surface area contributed by atoms with E-state index in [1.807, 2.05) is 77.9 Å². The van der Waals surface area contributed by atoms with Crippen LogP contribution in [0.15, 0.2) is 60.7 Å². The molecule has 0 amide bonds. The molecule has 2 fully saturated rings. The van der Waals surface area contributed by atoms with Gasteiger partial charge in [-0.2, -0.15) is 0 Å². The van der Waals surface area contributed by atoms with E-state index >= 15 is 0 Å². The third kappa shape index (κ3) is 7.07. The Labute approximate surface area is 232 Å². The Balaban J connectivity index is 1.77. The van der Waals surface area contributed by atoms with E-state index < -0.39 is 28.5 Å². The number of benzene rings is 2. The summed E-state index contributed by atoms with van der Waals surface area (Å²) < 4.78 is 24.0. The number of hydrogen-bond donors (Lipinski definition) is 0. The van der Waals surface area contributed by atoms with Gasteiger partial charge in [-0.25, -0.2) is 0 Å². The number of esters is 2. The van der Waals surface area contributed by atoms with Crippen LogP contribution in [0.25, 0.3) is 0 Å². The van der Waals surface area contributed by atoms with Crippen LogP contribution in [0, 0.1) is 17.3 Å². The van der Waals surface area contributed by atoms with E-state index in [0.29, 0.717) is 19.7 Å². The summed E-state index contributed by atoms with van der Waals surface area (Å²) in [5, 5.41) is 0. The van der Waals surface area contributed by atoms with Crippen LogP contribution in [0.1, 0.15) is 52.7 Å². The molecule has 0 spiro atoms. The highest BCUT2D eigenvalue weighted by atomic mass is 16.6. The third-order valence-electron chi connectivity index (χ3n) is 7.34. The zero-order valence-corrected chi connectivity index (χ0v) is 24.1. The van der Waals surface area contributed by atoms with Crippen LogP contribution < -0.4 is 0 Å². The number of ether oxygens (including phenoxy) is 4. The van der Waals surface area contributed by atoms with Gasteiger partial charge in [-0.05, 0) is 52.7 Å². The number of carbonyl (C=O) groups excluding carboxylic acids is 2. The molecule has 2 aromatic rings. The monoisotopic (exact) mass is 537 g/mol. The normalized spacial score (nSPS) is 25.6. The van der Waals surface area contributed by atoms with Crippen molar-refractivity contribution in [3.05, 3.63) is 71.8 Å². The van der Waals surface area contributed by atoms with Gasteiger partial charge in [0.25, 0.3) is 0 Å². The van der Waals surface area contributed by atoms with E-state index in [0.717, 1.165) is 11.1 Å². The molecule has 2 saturated heterocycles. The molecule has 2 heterocycles. The lowest BCUT2D eigenvalue weighted by atomic mass is 9.66. The first-order valence-electron chi connectivity index (χ1n) is 13.8. The molecule has 0 aromatic heterocycles. The van der Waals surface area contributed by atoms with E-state index in [2.05, 4.69) is 29.2 Å². The highest BCUT2D eigenvalue weighted by Crippen LogP contribution is 2.48. The molecule has 0 radical (unpaired) electrons. The van der Waals surface area contributed by atoms with Crippen molar-refractivity contribution in [1.82, 2.24) is 4.90 Å². The summed E-state index contributed by atoms with van der Waals surface area (Å²) in [7, 11) is 0. The van der Waals surface area contributed by atoms with Gasteiger partial charge in [-0.3, -0.25) is 14.5 Å². The van der Waals surface area contributed by atoms with Gasteiger partial charge in [0.05, 0.1) is 38.4 Å². The van der Waals surface area contributed by atoms with E-state index in [1.54, 1.807) is 0 Å². The quantitative estimate of drug-likeness (QED) is 0.438. The molecule has 0 aliphatic carbocycles. The van der Waals surface area contributed by atoms with E-state index in [1.165, 1.54) is 0 Å². The van der Waals surface area contributed by atoms with Gasteiger partial charge < -0.3 is 18.9 Å². The molecular weight excluding hydrogens is 494 g/mol. The van der Waals surface area contributed by atoms with Crippen LogP contribution in [-0.2, 0) is 41.6 Å². The van der Waals surface area contributed by atoms with Crippen molar-refractivity contribution >= 4 is 11.9 Å². The highest BCUT2D eigenvalue weighted by Gasteiger charge is 2.63. The Morgan fingerprint density at radius 2 is 1.33 bits per heavy atom. The molecule has 2 aliphatic rings. The Bertz CT molecular complexity index is 1070. The summed E-state index contributed by atoms with van der Waals surface area (Å²) in [4.78, 5) is 30.0. The Morgan fingerprint density at radius 3 is 1.85 bits per heavy atom. The van der Waals surface area contributed by atoms with Gasteiger partial charge in [-0.1, -0.05) is 60.7 Å². The zero-order valence-electron chi connectivity index (χ0n) is 24.1. The van der Waals surface area contributed by atoms with Crippen LogP contribution in [0.2, 0.25) is 0 Å². The maximum Gasteiger partial charge on any atom is 0.317 e. The van der Waals surface area contributed by atoms with E-state index in [4.69, 9.17) is 18.9 Å². The fourth-order valence-electron chi connectivity index (χ4n) is 5.67. The van der Waals surface area contributed by atoms with Crippen LogP contribution in [0.4, 0.5) is 0 Å². The van der Waals surface area contributed by atoms with Gasteiger partial charge in [0.2, 0.25) is 0 Å². The van der Waals surface area contributed by atoms with Gasteiger partial charge in [-0.15, -0.1) is 0 Å². The largest absolute Gasteiger partial charge is 0.460 e. The minimum Gasteiger partial charge on any atom is -0.460 e. The number of rotatable bonds is 8. The van der Waals surface area contributed by atoms with Crippen molar-refractivity contribution < 1.29 is 28.5 Å². The van der Waals surface area contributed by atoms with Crippen molar-refractivity contribution in [2.75, 3.05) is 26.4 Å². The molecule has 212 valence electrons. The molecule has 4 atom stereocenters. The molecule has 0 N–H and O–H groups in total. The molecule has 0 unspecified atom stereocenters. The molecule has 7 heteroatoms. The minimum absolute atomic E-state index is 0.153. The molecule has 0 bridgehead atoms. The topological polar surface area (TPSA) is 74.3 Å².